The van der Waals surface area contributed by atoms with Crippen molar-refractivity contribution in [3.05, 3.63) is 53.1 Å². The van der Waals surface area contributed by atoms with Crippen LogP contribution in [0.25, 0.3) is 0 Å². The van der Waals surface area contributed by atoms with Crippen molar-refractivity contribution in [2.45, 2.75) is 60.1 Å². The van der Waals surface area contributed by atoms with E-state index in [1.165, 1.54) is 0 Å². The summed E-state index contributed by atoms with van der Waals surface area (Å²) in [5.41, 5.74) is 3.07. The van der Waals surface area contributed by atoms with Crippen LogP contribution in [0.3, 0.4) is 0 Å². The lowest BCUT2D eigenvalue weighted by atomic mass is 10.1. The van der Waals surface area contributed by atoms with E-state index in [2.05, 4.69) is 5.32 Å². The highest BCUT2D eigenvalue weighted by molar-refractivity contribution is 5.81. The molecule has 0 bridgehead atoms. The molecule has 2 aromatic carbocycles. The summed E-state index contributed by atoms with van der Waals surface area (Å²) in [6.45, 7) is 12.9. The lowest BCUT2D eigenvalue weighted by Gasteiger charge is -2.22. The second kappa shape index (κ2) is 10.7. The van der Waals surface area contributed by atoms with Gasteiger partial charge in [-0.15, -0.1) is 0 Å². The highest BCUT2D eigenvalue weighted by Gasteiger charge is 2.22. The molecule has 5 nitrogen and oxygen atoms in total. The first kappa shape index (κ1) is 22.6. The van der Waals surface area contributed by atoms with E-state index in [1.807, 2.05) is 77.9 Å². The molecule has 2 rings (SSSR count). The second-order valence-electron chi connectivity index (χ2n) is 7.09. The zero-order valence-corrected chi connectivity index (χ0v) is 18.4. The Kier molecular flexibility index (Phi) is 8.37. The Bertz CT molecular complexity index is 819. The molecule has 0 unspecified atom stereocenters. The maximum atomic E-state index is 12.8. The first-order chi connectivity index (χ1) is 13.9. The Morgan fingerprint density at radius 1 is 0.931 bits per heavy atom. The molecule has 0 heterocycles. The Morgan fingerprint density at radius 2 is 1.62 bits per heavy atom. The van der Waals surface area contributed by atoms with Gasteiger partial charge in [0, 0.05) is 0 Å². The molecule has 0 spiro atoms. The van der Waals surface area contributed by atoms with Crippen molar-refractivity contribution in [1.82, 2.24) is 5.32 Å². The number of hydrogen-bond donors (Lipinski definition) is 1. The molecule has 0 aliphatic carbocycles. The van der Waals surface area contributed by atoms with Crippen LogP contribution in [0.15, 0.2) is 36.4 Å². The van der Waals surface area contributed by atoms with E-state index in [0.29, 0.717) is 31.1 Å². The fourth-order valence-electron chi connectivity index (χ4n) is 3.04. The average molecular weight is 400 g/mol. The van der Waals surface area contributed by atoms with Crippen molar-refractivity contribution in [1.29, 1.82) is 0 Å². The molecule has 2 aromatic rings. The van der Waals surface area contributed by atoms with Crippen molar-refractivity contribution in [2.24, 2.45) is 0 Å². The number of amides is 1. The average Bonchev–Trinajstić information content (AvgIpc) is 2.70. The predicted molar refractivity (Wildman–Crippen MR) is 116 cm³/mol. The second-order valence-corrected chi connectivity index (χ2v) is 7.09. The third kappa shape index (κ3) is 6.14. The lowest BCUT2D eigenvalue weighted by molar-refractivity contribution is -0.128. The van der Waals surface area contributed by atoms with Gasteiger partial charge in [0.15, 0.2) is 17.6 Å². The summed E-state index contributed by atoms with van der Waals surface area (Å²) in [6.07, 6.45) is 0.0337. The van der Waals surface area contributed by atoms with Crippen molar-refractivity contribution in [3.63, 3.8) is 0 Å². The van der Waals surface area contributed by atoms with Gasteiger partial charge in [-0.05, 0) is 75.9 Å². The van der Waals surface area contributed by atoms with Crippen LogP contribution < -0.4 is 19.5 Å². The SMILES string of the molecule is CCOc1ccc([C@@H](C)NC(=O)[C@H](CC)Oc2cc(C)ccc2C)cc1OCC. The number of aryl methyl sites for hydroxylation is 2. The third-order valence-electron chi connectivity index (χ3n) is 4.70. The number of ether oxygens (including phenoxy) is 3. The summed E-state index contributed by atoms with van der Waals surface area (Å²) < 4.78 is 17.3. The third-order valence-corrected chi connectivity index (χ3v) is 4.70. The topological polar surface area (TPSA) is 56.8 Å². The first-order valence-corrected chi connectivity index (χ1v) is 10.3. The lowest BCUT2D eigenvalue weighted by Crippen LogP contribution is -2.39. The van der Waals surface area contributed by atoms with Crippen LogP contribution in [0.4, 0.5) is 0 Å². The minimum atomic E-state index is -0.549. The summed E-state index contributed by atoms with van der Waals surface area (Å²) in [7, 11) is 0. The molecule has 5 heteroatoms. The zero-order chi connectivity index (χ0) is 21.4. The van der Waals surface area contributed by atoms with E-state index in [9.17, 15) is 4.79 Å². The minimum Gasteiger partial charge on any atom is -0.490 e. The zero-order valence-electron chi connectivity index (χ0n) is 18.4. The Morgan fingerprint density at radius 3 is 2.28 bits per heavy atom. The molecule has 0 saturated heterocycles. The molecular formula is C24H33NO4. The normalized spacial score (nSPS) is 12.8. The van der Waals surface area contributed by atoms with Gasteiger partial charge in [0.25, 0.3) is 5.91 Å². The molecule has 158 valence electrons. The van der Waals surface area contributed by atoms with E-state index < -0.39 is 6.10 Å². The highest BCUT2D eigenvalue weighted by atomic mass is 16.5. The molecule has 0 aliphatic rings. The number of carbonyl (C=O) groups excluding carboxylic acids is 1. The predicted octanol–water partition coefficient (Wildman–Crippen LogP) is 5.14. The van der Waals surface area contributed by atoms with E-state index in [-0.39, 0.29) is 11.9 Å². The van der Waals surface area contributed by atoms with Gasteiger partial charge in [0.1, 0.15) is 5.75 Å². The van der Waals surface area contributed by atoms with Crippen LogP contribution in [0, 0.1) is 13.8 Å². The fourth-order valence-corrected chi connectivity index (χ4v) is 3.04. The van der Waals surface area contributed by atoms with Gasteiger partial charge >= 0.3 is 0 Å². The molecule has 0 aliphatic heterocycles. The van der Waals surface area contributed by atoms with Crippen molar-refractivity contribution >= 4 is 5.91 Å². The van der Waals surface area contributed by atoms with Gasteiger partial charge in [-0.25, -0.2) is 0 Å². The van der Waals surface area contributed by atoms with Crippen molar-refractivity contribution in [3.8, 4) is 17.2 Å². The van der Waals surface area contributed by atoms with E-state index in [4.69, 9.17) is 14.2 Å². The van der Waals surface area contributed by atoms with Crippen LogP contribution in [-0.2, 0) is 4.79 Å². The van der Waals surface area contributed by atoms with Gasteiger partial charge in [-0.1, -0.05) is 25.1 Å². The summed E-state index contributed by atoms with van der Waals surface area (Å²) in [5.74, 6) is 2.01. The molecule has 0 saturated carbocycles. The molecule has 1 amide bonds. The largest absolute Gasteiger partial charge is 0.490 e. The van der Waals surface area contributed by atoms with Crippen LogP contribution in [0.5, 0.6) is 17.2 Å². The molecule has 0 aromatic heterocycles. The number of hydrogen-bond acceptors (Lipinski definition) is 4. The summed E-state index contributed by atoms with van der Waals surface area (Å²) in [6, 6.07) is 11.6. The molecule has 1 N–H and O–H groups in total. The Labute approximate surface area is 174 Å². The fraction of sp³-hybridized carbons (Fsp3) is 0.458. The quantitative estimate of drug-likeness (QED) is 0.601. The Balaban J connectivity index is 2.11. The molecule has 0 fully saturated rings. The Hall–Kier alpha value is -2.69. The molecule has 0 radical (unpaired) electrons. The summed E-state index contributed by atoms with van der Waals surface area (Å²) >= 11 is 0. The monoisotopic (exact) mass is 399 g/mol. The number of nitrogens with one attached hydrogen (secondary N) is 1. The molecular weight excluding hydrogens is 366 g/mol. The smallest absolute Gasteiger partial charge is 0.261 e. The standard InChI is InChI=1S/C24H33NO4/c1-7-20(29-22-14-16(4)10-11-17(22)5)24(26)25-18(6)19-12-13-21(27-8-2)23(15-19)28-9-3/h10-15,18,20H,7-9H2,1-6H3,(H,25,26)/t18-,20+/m1/s1. The van der Waals surface area contributed by atoms with Gasteiger partial charge in [-0.2, -0.15) is 0 Å². The number of carbonyl (C=O) groups is 1. The van der Waals surface area contributed by atoms with Crippen LogP contribution in [-0.4, -0.2) is 25.2 Å². The van der Waals surface area contributed by atoms with E-state index in [1.54, 1.807) is 0 Å². The summed E-state index contributed by atoms with van der Waals surface area (Å²) in [5, 5.41) is 3.06. The maximum Gasteiger partial charge on any atom is 0.261 e. The number of rotatable bonds is 10. The van der Waals surface area contributed by atoms with Crippen LogP contribution in [0.1, 0.15) is 56.8 Å². The molecule has 29 heavy (non-hydrogen) atoms. The van der Waals surface area contributed by atoms with Crippen LogP contribution in [0.2, 0.25) is 0 Å². The van der Waals surface area contributed by atoms with E-state index in [0.717, 1.165) is 22.4 Å². The van der Waals surface area contributed by atoms with Gasteiger partial charge < -0.3 is 19.5 Å². The van der Waals surface area contributed by atoms with Crippen molar-refractivity contribution in [2.75, 3.05) is 13.2 Å². The number of benzene rings is 2. The maximum absolute atomic E-state index is 12.8. The van der Waals surface area contributed by atoms with Gasteiger partial charge in [-0.3, -0.25) is 4.79 Å². The first-order valence-electron chi connectivity index (χ1n) is 10.3. The van der Waals surface area contributed by atoms with E-state index >= 15 is 0 Å². The van der Waals surface area contributed by atoms with Crippen molar-refractivity contribution < 1.29 is 19.0 Å². The highest BCUT2D eigenvalue weighted by Crippen LogP contribution is 2.31. The van der Waals surface area contributed by atoms with Crippen LogP contribution >= 0.6 is 0 Å². The van der Waals surface area contributed by atoms with Gasteiger partial charge in [0.2, 0.25) is 0 Å². The van der Waals surface area contributed by atoms with Gasteiger partial charge in [0.05, 0.1) is 19.3 Å². The summed E-state index contributed by atoms with van der Waals surface area (Å²) in [4.78, 5) is 12.8. The molecule has 2 atom stereocenters. The minimum absolute atomic E-state index is 0.132.